The molecule has 1 aliphatic rings. The van der Waals surface area contributed by atoms with Gasteiger partial charge in [0.25, 0.3) is 0 Å². The van der Waals surface area contributed by atoms with Crippen LogP contribution in [0.2, 0.25) is 5.02 Å². The van der Waals surface area contributed by atoms with Gasteiger partial charge in [-0.05, 0) is 51.3 Å². The highest BCUT2D eigenvalue weighted by Crippen LogP contribution is 2.28. The van der Waals surface area contributed by atoms with E-state index in [1.54, 1.807) is 18.7 Å². The van der Waals surface area contributed by atoms with Gasteiger partial charge in [-0.2, -0.15) is 0 Å². The molecule has 0 radical (unpaired) electrons. The number of aliphatic hydroxyl groups is 1. The van der Waals surface area contributed by atoms with Gasteiger partial charge in [0, 0.05) is 18.0 Å². The Morgan fingerprint density at radius 3 is 2.59 bits per heavy atom. The number of ether oxygens (including phenoxy) is 1. The molecule has 1 N–H and O–H groups in total. The summed E-state index contributed by atoms with van der Waals surface area (Å²) in [6.45, 7) is 6.19. The highest BCUT2D eigenvalue weighted by atomic mass is 35.5. The minimum Gasteiger partial charge on any atom is -0.446 e. The van der Waals surface area contributed by atoms with Gasteiger partial charge in [-0.1, -0.05) is 23.7 Å². The Morgan fingerprint density at radius 2 is 2.05 bits per heavy atom. The van der Waals surface area contributed by atoms with E-state index in [0.717, 1.165) is 12.0 Å². The lowest BCUT2D eigenvalue weighted by Gasteiger charge is -2.36. The van der Waals surface area contributed by atoms with Crippen LogP contribution in [0.4, 0.5) is 4.79 Å². The first-order valence-corrected chi connectivity index (χ1v) is 8.09. The van der Waals surface area contributed by atoms with Crippen LogP contribution in [0.3, 0.4) is 0 Å². The predicted octanol–water partition coefficient (Wildman–Crippen LogP) is 4.16. The number of carbonyl (C=O) groups is 1. The van der Waals surface area contributed by atoms with E-state index >= 15 is 0 Å². The van der Waals surface area contributed by atoms with E-state index in [2.05, 4.69) is 0 Å². The van der Waals surface area contributed by atoms with Crippen LogP contribution < -0.4 is 0 Å². The first-order valence-electron chi connectivity index (χ1n) is 7.71. The minimum absolute atomic E-state index is 0.0417. The molecule has 0 spiro atoms. The summed E-state index contributed by atoms with van der Waals surface area (Å²) in [7, 11) is 0. The molecular formula is C17H24ClNO3. The summed E-state index contributed by atoms with van der Waals surface area (Å²) in [5.74, 6) is 0. The molecule has 122 valence electrons. The minimum atomic E-state index is -0.722. The molecule has 0 aliphatic carbocycles. The molecule has 1 heterocycles. The second-order valence-corrected chi connectivity index (χ2v) is 7.00. The van der Waals surface area contributed by atoms with Crippen molar-refractivity contribution in [3.63, 3.8) is 0 Å². The van der Waals surface area contributed by atoms with Crippen molar-refractivity contribution in [2.45, 2.75) is 57.8 Å². The molecule has 1 saturated heterocycles. The van der Waals surface area contributed by atoms with Crippen LogP contribution in [-0.2, 0) is 4.74 Å². The first-order chi connectivity index (χ1) is 10.3. The summed E-state index contributed by atoms with van der Waals surface area (Å²) < 4.78 is 5.51. The third-order valence-electron chi connectivity index (χ3n) is 4.09. The Balaban J connectivity index is 1.93. The van der Waals surface area contributed by atoms with Crippen molar-refractivity contribution in [2.24, 2.45) is 0 Å². The number of hydrogen-bond donors (Lipinski definition) is 1. The Kier molecular flexibility index (Phi) is 5.35. The Labute approximate surface area is 137 Å². The van der Waals surface area contributed by atoms with E-state index in [1.165, 1.54) is 0 Å². The third kappa shape index (κ3) is 4.62. The molecule has 1 fully saturated rings. The Bertz CT molecular complexity index is 510. The van der Waals surface area contributed by atoms with E-state index in [0.29, 0.717) is 24.4 Å². The molecule has 4 nitrogen and oxygen atoms in total. The maximum Gasteiger partial charge on any atom is 0.410 e. The van der Waals surface area contributed by atoms with Gasteiger partial charge in [-0.25, -0.2) is 4.79 Å². The van der Waals surface area contributed by atoms with Crippen molar-refractivity contribution in [3.05, 3.63) is 34.9 Å². The molecule has 0 aromatic heterocycles. The number of cyclic esters (lactones) is 1. The summed E-state index contributed by atoms with van der Waals surface area (Å²) in [5, 5.41) is 10.4. The lowest BCUT2D eigenvalue weighted by molar-refractivity contribution is -0.00600. The second kappa shape index (κ2) is 6.88. The topological polar surface area (TPSA) is 49.8 Å². The smallest absolute Gasteiger partial charge is 0.410 e. The number of carbonyl (C=O) groups excluding carboxylic acids is 1. The Hall–Kier alpha value is -1.26. The molecule has 2 atom stereocenters. The molecule has 1 aliphatic heterocycles. The maximum atomic E-state index is 12.2. The third-order valence-corrected chi connectivity index (χ3v) is 4.34. The summed E-state index contributed by atoms with van der Waals surface area (Å²) in [5.41, 5.74) is 0.316. The number of nitrogens with zero attached hydrogens (tertiary/aromatic N) is 1. The van der Waals surface area contributed by atoms with E-state index in [1.807, 2.05) is 31.2 Å². The van der Waals surface area contributed by atoms with Crippen molar-refractivity contribution >= 4 is 17.7 Å². The van der Waals surface area contributed by atoms with E-state index < -0.39 is 5.60 Å². The highest BCUT2D eigenvalue weighted by molar-refractivity contribution is 6.30. The zero-order valence-corrected chi connectivity index (χ0v) is 14.1. The fourth-order valence-electron chi connectivity index (χ4n) is 2.63. The lowest BCUT2D eigenvalue weighted by Crippen LogP contribution is -2.43. The zero-order chi connectivity index (χ0) is 16.3. The van der Waals surface area contributed by atoms with Crippen LogP contribution in [0.1, 0.15) is 51.6 Å². The SMILES string of the molecule is CC(c1ccc(Cl)cc1)N1CCC(CCC(C)(C)O)OC1=O. The molecule has 1 aromatic rings. The van der Waals surface area contributed by atoms with Crippen molar-refractivity contribution in [1.82, 2.24) is 4.90 Å². The van der Waals surface area contributed by atoms with Gasteiger partial charge < -0.3 is 14.7 Å². The summed E-state index contributed by atoms with van der Waals surface area (Å²) in [6.07, 6.45) is 1.72. The molecule has 2 rings (SSSR count). The van der Waals surface area contributed by atoms with Crippen LogP contribution in [0.15, 0.2) is 24.3 Å². The quantitative estimate of drug-likeness (QED) is 0.884. The highest BCUT2D eigenvalue weighted by Gasteiger charge is 2.31. The summed E-state index contributed by atoms with van der Waals surface area (Å²) in [6, 6.07) is 7.48. The van der Waals surface area contributed by atoms with Crippen molar-refractivity contribution < 1.29 is 14.6 Å². The van der Waals surface area contributed by atoms with Crippen LogP contribution in [-0.4, -0.2) is 34.3 Å². The number of hydrogen-bond acceptors (Lipinski definition) is 3. The van der Waals surface area contributed by atoms with E-state index in [9.17, 15) is 9.90 Å². The van der Waals surface area contributed by atoms with Gasteiger partial charge in [0.15, 0.2) is 0 Å². The Morgan fingerprint density at radius 1 is 1.41 bits per heavy atom. The molecular weight excluding hydrogens is 302 g/mol. The number of halogens is 1. The fourth-order valence-corrected chi connectivity index (χ4v) is 2.76. The van der Waals surface area contributed by atoms with Gasteiger partial charge >= 0.3 is 6.09 Å². The second-order valence-electron chi connectivity index (χ2n) is 6.57. The largest absolute Gasteiger partial charge is 0.446 e. The summed E-state index contributed by atoms with van der Waals surface area (Å²) in [4.78, 5) is 14.0. The molecule has 22 heavy (non-hydrogen) atoms. The van der Waals surface area contributed by atoms with Crippen LogP contribution in [0.5, 0.6) is 0 Å². The van der Waals surface area contributed by atoms with Gasteiger partial charge in [0.05, 0.1) is 11.6 Å². The molecule has 1 amide bonds. The van der Waals surface area contributed by atoms with Crippen molar-refractivity contribution in [3.8, 4) is 0 Å². The van der Waals surface area contributed by atoms with Crippen LogP contribution >= 0.6 is 11.6 Å². The summed E-state index contributed by atoms with van der Waals surface area (Å²) >= 11 is 5.90. The zero-order valence-electron chi connectivity index (χ0n) is 13.4. The number of benzene rings is 1. The van der Waals surface area contributed by atoms with Gasteiger partial charge in [-0.15, -0.1) is 0 Å². The van der Waals surface area contributed by atoms with Gasteiger partial charge in [0.1, 0.15) is 6.10 Å². The molecule has 0 bridgehead atoms. The number of rotatable bonds is 5. The van der Waals surface area contributed by atoms with E-state index in [4.69, 9.17) is 16.3 Å². The normalized spacial score (nSPS) is 20.7. The molecule has 2 unspecified atom stereocenters. The monoisotopic (exact) mass is 325 g/mol. The van der Waals surface area contributed by atoms with Crippen LogP contribution in [0, 0.1) is 0 Å². The van der Waals surface area contributed by atoms with E-state index in [-0.39, 0.29) is 18.2 Å². The molecule has 5 heteroatoms. The van der Waals surface area contributed by atoms with Crippen molar-refractivity contribution in [1.29, 1.82) is 0 Å². The average Bonchev–Trinajstić information content (AvgIpc) is 2.44. The standard InChI is InChI=1S/C17H24ClNO3/c1-12(13-4-6-14(18)7-5-13)19-11-9-15(22-16(19)20)8-10-17(2,3)21/h4-7,12,15,21H,8-11H2,1-3H3. The van der Waals surface area contributed by atoms with Crippen LogP contribution in [0.25, 0.3) is 0 Å². The maximum absolute atomic E-state index is 12.2. The van der Waals surface area contributed by atoms with Gasteiger partial charge in [-0.3, -0.25) is 0 Å². The first kappa shape index (κ1) is 17.1. The predicted molar refractivity (Wildman–Crippen MR) is 87.0 cm³/mol. The van der Waals surface area contributed by atoms with Crippen molar-refractivity contribution in [2.75, 3.05) is 6.54 Å². The van der Waals surface area contributed by atoms with Gasteiger partial charge in [0.2, 0.25) is 0 Å². The number of amides is 1. The lowest BCUT2D eigenvalue weighted by atomic mass is 9.98. The average molecular weight is 326 g/mol. The fraction of sp³-hybridized carbons (Fsp3) is 0.588. The molecule has 1 aromatic carbocycles. The molecule has 0 saturated carbocycles.